The second kappa shape index (κ2) is 5.39. The Balaban J connectivity index is 2.38. The number of pyridine rings is 1. The van der Waals surface area contributed by atoms with E-state index in [-0.39, 0.29) is 4.75 Å². The van der Waals surface area contributed by atoms with Crippen LogP contribution < -0.4 is 0 Å². The van der Waals surface area contributed by atoms with Crippen molar-refractivity contribution in [1.82, 2.24) is 4.98 Å². The lowest BCUT2D eigenvalue weighted by atomic mass is 10.2. The topological polar surface area (TPSA) is 42.3 Å². The Hall–Kier alpha value is -1.26. The van der Waals surface area contributed by atoms with Crippen molar-refractivity contribution >= 4 is 39.7 Å². The van der Waals surface area contributed by atoms with Gasteiger partial charge in [0, 0.05) is 17.2 Å². The lowest BCUT2D eigenvalue weighted by molar-refractivity contribution is 0.651. The molecule has 0 fully saturated rings. The van der Waals surface area contributed by atoms with E-state index >= 15 is 0 Å². The van der Waals surface area contributed by atoms with Crippen molar-refractivity contribution in [1.29, 1.82) is 0 Å². The number of fused-ring (bicyclic) bond motifs is 1. The largest absolute Gasteiger partial charge is 0.235 e. The molecule has 1 heterocycles. The average molecular weight is 295 g/mol. The van der Waals surface area contributed by atoms with Crippen LogP contribution in [0.25, 0.3) is 10.9 Å². The minimum absolute atomic E-state index is 0.369. The Kier molecular flexibility index (Phi) is 4.02. The SMILES string of the molecule is CC(C)(C)[S@](=O)N=Cc1cc2ccccc2nc1Cl. The molecule has 0 aliphatic carbocycles. The van der Waals surface area contributed by atoms with Crippen molar-refractivity contribution in [2.45, 2.75) is 25.5 Å². The van der Waals surface area contributed by atoms with Gasteiger partial charge in [-0.1, -0.05) is 29.8 Å². The summed E-state index contributed by atoms with van der Waals surface area (Å²) in [7, 11) is -1.30. The van der Waals surface area contributed by atoms with E-state index in [0.717, 1.165) is 10.9 Å². The third kappa shape index (κ3) is 3.39. The monoisotopic (exact) mass is 294 g/mol. The quantitative estimate of drug-likeness (QED) is 0.625. The zero-order valence-electron chi connectivity index (χ0n) is 11.1. The highest BCUT2D eigenvalue weighted by Crippen LogP contribution is 2.20. The predicted molar refractivity (Wildman–Crippen MR) is 82.2 cm³/mol. The second-order valence-electron chi connectivity index (χ2n) is 5.16. The van der Waals surface area contributed by atoms with Gasteiger partial charge in [0.15, 0.2) is 0 Å². The Labute approximate surface area is 120 Å². The van der Waals surface area contributed by atoms with Crippen LogP contribution in [0.3, 0.4) is 0 Å². The fourth-order valence-electron chi connectivity index (χ4n) is 1.46. The van der Waals surface area contributed by atoms with Crippen LogP contribution >= 0.6 is 11.6 Å². The van der Waals surface area contributed by atoms with Gasteiger partial charge >= 0.3 is 0 Å². The number of rotatable bonds is 2. The summed E-state index contributed by atoms with van der Waals surface area (Å²) in [6.45, 7) is 5.63. The summed E-state index contributed by atoms with van der Waals surface area (Å²) in [4.78, 5) is 4.29. The van der Waals surface area contributed by atoms with Crippen LogP contribution in [-0.4, -0.2) is 20.2 Å². The van der Waals surface area contributed by atoms with Crippen LogP contribution in [0, 0.1) is 0 Å². The molecule has 0 N–H and O–H groups in total. The summed E-state index contributed by atoms with van der Waals surface area (Å²) in [5, 5.41) is 1.35. The molecule has 1 atom stereocenters. The Morgan fingerprint density at radius 3 is 2.68 bits per heavy atom. The summed E-state index contributed by atoms with van der Waals surface area (Å²) in [5.41, 5.74) is 1.51. The fourth-order valence-corrected chi connectivity index (χ4v) is 2.18. The highest BCUT2D eigenvalue weighted by atomic mass is 35.5. The van der Waals surface area contributed by atoms with Gasteiger partial charge in [-0.15, -0.1) is 0 Å². The molecule has 3 nitrogen and oxygen atoms in total. The Bertz CT molecular complexity index is 662. The van der Waals surface area contributed by atoms with Crippen molar-refractivity contribution in [3.8, 4) is 0 Å². The van der Waals surface area contributed by atoms with Crippen LogP contribution in [0.1, 0.15) is 26.3 Å². The molecule has 0 saturated carbocycles. The molecule has 5 heteroatoms. The molecule has 2 rings (SSSR count). The molecule has 0 amide bonds. The van der Waals surface area contributed by atoms with Gasteiger partial charge in [-0.25, -0.2) is 9.19 Å². The van der Waals surface area contributed by atoms with Gasteiger partial charge in [0.05, 0.1) is 10.3 Å². The third-order valence-corrected chi connectivity index (χ3v) is 4.16. The van der Waals surface area contributed by atoms with Gasteiger partial charge in [-0.3, -0.25) is 0 Å². The van der Waals surface area contributed by atoms with E-state index in [4.69, 9.17) is 11.6 Å². The Morgan fingerprint density at radius 2 is 2.00 bits per heavy atom. The molecule has 0 spiro atoms. The number of hydrogen-bond acceptors (Lipinski definition) is 2. The smallest absolute Gasteiger partial charge is 0.144 e. The maximum absolute atomic E-state index is 11.9. The molecule has 100 valence electrons. The highest BCUT2D eigenvalue weighted by molar-refractivity contribution is 7.85. The molecule has 2 aromatic rings. The first kappa shape index (κ1) is 14.2. The molecule has 1 aromatic heterocycles. The lowest BCUT2D eigenvalue weighted by Crippen LogP contribution is -2.19. The van der Waals surface area contributed by atoms with Crippen molar-refractivity contribution in [3.63, 3.8) is 0 Å². The van der Waals surface area contributed by atoms with Gasteiger partial charge in [-0.05, 0) is 32.9 Å². The number of halogens is 1. The van der Waals surface area contributed by atoms with Crippen molar-refractivity contribution < 1.29 is 4.21 Å². The van der Waals surface area contributed by atoms with Crippen LogP contribution in [0.5, 0.6) is 0 Å². The fraction of sp³-hybridized carbons (Fsp3) is 0.286. The van der Waals surface area contributed by atoms with E-state index in [1.807, 2.05) is 51.1 Å². The van der Waals surface area contributed by atoms with Crippen LogP contribution in [0.15, 0.2) is 34.7 Å². The minimum atomic E-state index is -1.30. The van der Waals surface area contributed by atoms with E-state index in [2.05, 4.69) is 9.38 Å². The zero-order valence-corrected chi connectivity index (χ0v) is 12.6. The second-order valence-corrected chi connectivity index (χ2v) is 7.45. The maximum Gasteiger partial charge on any atom is 0.144 e. The third-order valence-electron chi connectivity index (χ3n) is 2.52. The highest BCUT2D eigenvalue weighted by Gasteiger charge is 2.18. The number of benzene rings is 1. The van der Waals surface area contributed by atoms with Crippen LogP contribution in [0.4, 0.5) is 0 Å². The van der Waals surface area contributed by atoms with Crippen LogP contribution in [0.2, 0.25) is 5.15 Å². The molecular weight excluding hydrogens is 280 g/mol. The van der Waals surface area contributed by atoms with E-state index in [1.165, 1.54) is 6.21 Å². The molecule has 19 heavy (non-hydrogen) atoms. The molecular formula is C14H15ClN2OS. The Morgan fingerprint density at radius 1 is 1.32 bits per heavy atom. The van der Waals surface area contributed by atoms with Crippen molar-refractivity contribution in [2.75, 3.05) is 0 Å². The molecule has 0 aliphatic rings. The van der Waals surface area contributed by atoms with E-state index in [9.17, 15) is 4.21 Å². The van der Waals surface area contributed by atoms with Gasteiger partial charge in [0.25, 0.3) is 0 Å². The minimum Gasteiger partial charge on any atom is -0.235 e. The van der Waals surface area contributed by atoms with Crippen LogP contribution in [-0.2, 0) is 11.0 Å². The molecule has 0 aliphatic heterocycles. The zero-order chi connectivity index (χ0) is 14.0. The average Bonchev–Trinajstić information content (AvgIpc) is 2.34. The summed E-state index contributed by atoms with van der Waals surface area (Å²) >= 11 is 6.10. The first-order valence-electron chi connectivity index (χ1n) is 5.89. The van der Waals surface area contributed by atoms with Gasteiger partial charge in [-0.2, -0.15) is 4.40 Å². The summed E-state index contributed by atoms with van der Waals surface area (Å²) in [6, 6.07) is 9.60. The van der Waals surface area contributed by atoms with Crippen molar-refractivity contribution in [3.05, 3.63) is 41.0 Å². The van der Waals surface area contributed by atoms with E-state index in [0.29, 0.717) is 10.7 Å². The van der Waals surface area contributed by atoms with Crippen molar-refractivity contribution in [2.24, 2.45) is 4.40 Å². The molecule has 0 radical (unpaired) electrons. The maximum atomic E-state index is 11.9. The predicted octanol–water partition coefficient (Wildman–Crippen LogP) is 3.77. The van der Waals surface area contributed by atoms with Gasteiger partial charge < -0.3 is 0 Å². The first-order chi connectivity index (χ1) is 8.88. The summed E-state index contributed by atoms with van der Waals surface area (Å²) in [5.74, 6) is 0. The van der Waals surface area contributed by atoms with Gasteiger partial charge in [0.2, 0.25) is 0 Å². The van der Waals surface area contributed by atoms with E-state index in [1.54, 1.807) is 0 Å². The number of hydrogen-bond donors (Lipinski definition) is 0. The number of para-hydroxylation sites is 1. The first-order valence-corrected chi connectivity index (χ1v) is 7.38. The van der Waals surface area contributed by atoms with Gasteiger partial charge in [0.1, 0.15) is 16.1 Å². The summed E-state index contributed by atoms with van der Waals surface area (Å²) < 4.78 is 15.5. The molecule has 1 aromatic carbocycles. The normalized spacial score (nSPS) is 14.1. The van der Waals surface area contributed by atoms with E-state index < -0.39 is 11.0 Å². The summed E-state index contributed by atoms with van der Waals surface area (Å²) in [6.07, 6.45) is 1.53. The molecule has 0 unspecified atom stereocenters. The molecule has 0 bridgehead atoms. The number of nitrogens with zero attached hydrogens (tertiary/aromatic N) is 2. The lowest BCUT2D eigenvalue weighted by Gasteiger charge is -2.12. The standard InChI is InChI=1S/C14H15ClN2OS/c1-14(2,3)19(18)16-9-11-8-10-6-4-5-7-12(10)17-13(11)15/h4-9H,1-3H3/t19-/m0/s1. The molecule has 0 saturated heterocycles. The number of aromatic nitrogens is 1.